The highest BCUT2D eigenvalue weighted by Gasteiger charge is 2.42. The van der Waals surface area contributed by atoms with Crippen molar-refractivity contribution in [1.29, 1.82) is 0 Å². The molecule has 1 saturated heterocycles. The summed E-state index contributed by atoms with van der Waals surface area (Å²) in [6.07, 6.45) is 1.82. The first kappa shape index (κ1) is 22.0. The quantitative estimate of drug-likeness (QED) is 0.378. The van der Waals surface area contributed by atoms with Gasteiger partial charge in [-0.3, -0.25) is 4.98 Å². The van der Waals surface area contributed by atoms with Crippen molar-refractivity contribution in [2.45, 2.75) is 25.9 Å². The Balaban J connectivity index is 1.37. The lowest BCUT2D eigenvalue weighted by atomic mass is 9.96. The number of nitrogens with one attached hydrogen (secondary N) is 1. The van der Waals surface area contributed by atoms with Crippen LogP contribution in [0.4, 0.5) is 5.69 Å². The second-order valence-corrected chi connectivity index (χ2v) is 9.62. The number of thiocarbonyl (C=S) groups is 1. The largest absolute Gasteiger partial charge is 0.454 e. The molecule has 0 aliphatic carbocycles. The van der Waals surface area contributed by atoms with Crippen LogP contribution >= 0.6 is 12.2 Å². The van der Waals surface area contributed by atoms with Gasteiger partial charge in [-0.25, -0.2) is 0 Å². The summed E-state index contributed by atoms with van der Waals surface area (Å²) in [4.78, 5) is 6.84. The van der Waals surface area contributed by atoms with Crippen LogP contribution in [0.25, 0.3) is 5.69 Å². The lowest BCUT2D eigenvalue weighted by molar-refractivity contribution is 0.173. The fourth-order valence-electron chi connectivity index (χ4n) is 5.49. The summed E-state index contributed by atoms with van der Waals surface area (Å²) in [7, 11) is 0. The average molecular weight is 513 g/mol. The van der Waals surface area contributed by atoms with E-state index in [2.05, 4.69) is 45.7 Å². The van der Waals surface area contributed by atoms with Crippen LogP contribution in [0, 0.1) is 13.8 Å². The Kier molecular flexibility index (Phi) is 5.00. The van der Waals surface area contributed by atoms with Gasteiger partial charge in [0, 0.05) is 41.1 Å². The molecule has 8 nitrogen and oxygen atoms in total. The molecule has 0 unspecified atom stereocenters. The maximum absolute atomic E-state index is 5.91. The number of hydrogen-bond acceptors (Lipinski definition) is 6. The van der Waals surface area contributed by atoms with Crippen molar-refractivity contribution >= 4 is 23.0 Å². The molecule has 186 valence electrons. The fraction of sp³-hybridized carbons (Fsp3) is 0.214. The van der Waals surface area contributed by atoms with Gasteiger partial charge in [-0.1, -0.05) is 6.07 Å². The van der Waals surface area contributed by atoms with Crippen molar-refractivity contribution in [2.24, 2.45) is 0 Å². The molecule has 0 spiro atoms. The van der Waals surface area contributed by atoms with Crippen molar-refractivity contribution in [3.05, 3.63) is 89.5 Å². The average Bonchev–Trinajstić information content (AvgIpc) is 3.69. The lowest BCUT2D eigenvalue weighted by Crippen LogP contribution is -2.29. The van der Waals surface area contributed by atoms with Crippen LogP contribution in [0.15, 0.2) is 66.9 Å². The van der Waals surface area contributed by atoms with Crippen molar-refractivity contribution in [1.82, 2.24) is 14.9 Å². The number of rotatable bonds is 4. The van der Waals surface area contributed by atoms with Gasteiger partial charge in [0.2, 0.25) is 13.6 Å². The van der Waals surface area contributed by atoms with Gasteiger partial charge < -0.3 is 33.7 Å². The van der Waals surface area contributed by atoms with E-state index < -0.39 is 0 Å². The van der Waals surface area contributed by atoms with Gasteiger partial charge in [0.25, 0.3) is 0 Å². The SMILES string of the molecule is Cc1cc([C@@H]2[C@@H](c3ccccn3)NC(=S)N2c2ccc3c(c2)OCO3)c(C)n1-c1ccc2c(c1)OCO2. The van der Waals surface area contributed by atoms with Crippen molar-refractivity contribution in [2.75, 3.05) is 18.5 Å². The Labute approximate surface area is 219 Å². The molecule has 5 heterocycles. The van der Waals surface area contributed by atoms with Crippen LogP contribution < -0.4 is 29.2 Å². The van der Waals surface area contributed by atoms with Crippen LogP contribution in [-0.2, 0) is 0 Å². The zero-order chi connectivity index (χ0) is 25.1. The van der Waals surface area contributed by atoms with E-state index in [0.29, 0.717) is 10.9 Å². The van der Waals surface area contributed by atoms with Gasteiger partial charge in [0.1, 0.15) is 0 Å². The molecule has 0 bridgehead atoms. The number of hydrogen-bond donors (Lipinski definition) is 1. The molecule has 1 N–H and O–H groups in total. The van der Waals surface area contributed by atoms with Crippen LogP contribution in [-0.4, -0.2) is 28.2 Å². The molecular weight excluding hydrogens is 488 g/mol. The standard InChI is InChI=1S/C28H24N4O4S/c1-16-11-20(17(2)31(16)18-6-8-22-24(12-18)35-14-33-22)27-26(21-5-3-4-10-29-21)30-28(37)32(27)19-7-9-23-25(13-19)36-15-34-23/h3-13,26-27H,14-15H2,1-2H3,(H,30,37)/t26-,27-/m1/s1. The first-order valence-electron chi connectivity index (χ1n) is 12.1. The van der Waals surface area contributed by atoms with E-state index in [1.165, 1.54) is 0 Å². The van der Waals surface area contributed by atoms with Crippen LogP contribution in [0.3, 0.4) is 0 Å². The number of fused-ring (bicyclic) bond motifs is 2. The maximum Gasteiger partial charge on any atom is 0.231 e. The molecule has 2 aromatic carbocycles. The van der Waals surface area contributed by atoms with Crippen molar-refractivity contribution < 1.29 is 18.9 Å². The predicted molar refractivity (Wildman–Crippen MR) is 142 cm³/mol. The fourth-order valence-corrected chi connectivity index (χ4v) is 5.84. The van der Waals surface area contributed by atoms with Gasteiger partial charge in [0.15, 0.2) is 28.1 Å². The number of aryl methyl sites for hydroxylation is 1. The molecule has 2 atom stereocenters. The summed E-state index contributed by atoms with van der Waals surface area (Å²) in [5, 5.41) is 4.17. The number of aromatic nitrogens is 2. The monoisotopic (exact) mass is 512 g/mol. The molecule has 0 amide bonds. The minimum atomic E-state index is -0.148. The Morgan fingerprint density at radius 3 is 2.22 bits per heavy atom. The third-order valence-corrected chi connectivity index (χ3v) is 7.45. The van der Waals surface area contributed by atoms with Gasteiger partial charge in [-0.2, -0.15) is 0 Å². The van der Waals surface area contributed by atoms with E-state index in [1.807, 2.05) is 54.7 Å². The zero-order valence-corrected chi connectivity index (χ0v) is 21.1. The van der Waals surface area contributed by atoms with Crippen LogP contribution in [0.1, 0.15) is 34.7 Å². The van der Waals surface area contributed by atoms with E-state index in [0.717, 1.165) is 51.3 Å². The smallest absolute Gasteiger partial charge is 0.231 e. The first-order chi connectivity index (χ1) is 18.1. The van der Waals surface area contributed by atoms with E-state index in [9.17, 15) is 0 Å². The van der Waals surface area contributed by atoms with Gasteiger partial charge >= 0.3 is 0 Å². The number of anilines is 1. The molecule has 9 heteroatoms. The molecule has 7 rings (SSSR count). The van der Waals surface area contributed by atoms with E-state index >= 15 is 0 Å². The summed E-state index contributed by atoms with van der Waals surface area (Å²) in [6.45, 7) is 4.72. The van der Waals surface area contributed by atoms with E-state index in [1.54, 1.807) is 0 Å². The third-order valence-electron chi connectivity index (χ3n) is 7.14. The Morgan fingerprint density at radius 2 is 1.51 bits per heavy atom. The normalized spacial score (nSPS) is 19.4. The highest BCUT2D eigenvalue weighted by atomic mass is 32.1. The van der Waals surface area contributed by atoms with Crippen LogP contribution in [0.2, 0.25) is 0 Å². The summed E-state index contributed by atoms with van der Waals surface area (Å²) in [5.41, 5.74) is 6.23. The van der Waals surface area contributed by atoms with Gasteiger partial charge in [0.05, 0.1) is 17.8 Å². The molecule has 0 saturated carbocycles. The van der Waals surface area contributed by atoms with Crippen molar-refractivity contribution in [3.63, 3.8) is 0 Å². The first-order valence-corrected chi connectivity index (χ1v) is 12.5. The van der Waals surface area contributed by atoms with Gasteiger partial charge in [-0.05, 0) is 74.1 Å². The highest BCUT2D eigenvalue weighted by Crippen LogP contribution is 2.46. The summed E-state index contributed by atoms with van der Waals surface area (Å²) in [6, 6.07) is 19.9. The number of ether oxygens (including phenoxy) is 4. The molecule has 37 heavy (non-hydrogen) atoms. The number of pyridine rings is 1. The molecule has 1 fully saturated rings. The predicted octanol–water partition coefficient (Wildman–Crippen LogP) is 5.12. The van der Waals surface area contributed by atoms with E-state index in [-0.39, 0.29) is 25.7 Å². The topological polar surface area (TPSA) is 70.0 Å². The van der Waals surface area contributed by atoms with E-state index in [4.69, 9.17) is 31.2 Å². The number of benzene rings is 2. The highest BCUT2D eigenvalue weighted by molar-refractivity contribution is 7.80. The second-order valence-electron chi connectivity index (χ2n) is 9.23. The lowest BCUT2D eigenvalue weighted by Gasteiger charge is -2.28. The molecule has 2 aromatic heterocycles. The molecular formula is C28H24N4O4S. The molecule has 3 aliphatic heterocycles. The van der Waals surface area contributed by atoms with Crippen molar-refractivity contribution in [3.8, 4) is 28.7 Å². The summed E-state index contributed by atoms with van der Waals surface area (Å²) in [5.74, 6) is 2.97. The Hall–Kier alpha value is -4.24. The number of nitrogens with zero attached hydrogens (tertiary/aromatic N) is 3. The van der Waals surface area contributed by atoms with Crippen LogP contribution in [0.5, 0.6) is 23.0 Å². The molecule has 3 aliphatic rings. The minimum Gasteiger partial charge on any atom is -0.454 e. The summed E-state index contributed by atoms with van der Waals surface area (Å²) < 4.78 is 24.6. The molecule has 4 aromatic rings. The minimum absolute atomic E-state index is 0.142. The summed E-state index contributed by atoms with van der Waals surface area (Å²) >= 11 is 5.91. The second kappa shape index (κ2) is 8.41. The Bertz CT molecular complexity index is 1540. The third kappa shape index (κ3) is 3.49. The Morgan fingerprint density at radius 1 is 0.838 bits per heavy atom. The zero-order valence-electron chi connectivity index (χ0n) is 20.3. The van der Waals surface area contributed by atoms with Gasteiger partial charge in [-0.15, -0.1) is 0 Å². The maximum atomic E-state index is 5.91. The molecule has 0 radical (unpaired) electrons.